The second-order valence-corrected chi connectivity index (χ2v) is 4.29. The Balaban J connectivity index is 0.00000128. The first-order chi connectivity index (χ1) is 7.18. The second-order valence-electron chi connectivity index (χ2n) is 2.95. The van der Waals surface area contributed by atoms with Crippen LogP contribution in [0.4, 0.5) is 0 Å². The summed E-state index contributed by atoms with van der Waals surface area (Å²) < 4.78 is 0. The van der Waals surface area contributed by atoms with Crippen molar-refractivity contribution >= 4 is 40.6 Å². The number of halogens is 2. The molecular formula is C10H8Cl2N2OS. The van der Waals surface area contributed by atoms with Crippen molar-refractivity contribution in [3.63, 3.8) is 0 Å². The normalized spacial score (nSPS) is 9.62. The van der Waals surface area contributed by atoms with Crippen LogP contribution in [0.3, 0.4) is 0 Å². The van der Waals surface area contributed by atoms with Gasteiger partial charge in [0, 0.05) is 18.0 Å². The topological polar surface area (TPSA) is 42.9 Å². The van der Waals surface area contributed by atoms with Crippen molar-refractivity contribution in [3.05, 3.63) is 35.1 Å². The molecule has 0 atom stereocenters. The number of pyridine rings is 1. The van der Waals surface area contributed by atoms with Crippen molar-refractivity contribution in [3.8, 4) is 10.6 Å². The van der Waals surface area contributed by atoms with E-state index >= 15 is 0 Å². The Morgan fingerprint density at radius 1 is 1.50 bits per heavy atom. The van der Waals surface area contributed by atoms with Crippen molar-refractivity contribution in [2.24, 2.45) is 0 Å². The van der Waals surface area contributed by atoms with Crippen molar-refractivity contribution in [2.75, 3.05) is 0 Å². The lowest BCUT2D eigenvalue weighted by Gasteiger charge is -1.91. The van der Waals surface area contributed by atoms with Crippen LogP contribution in [0.15, 0.2) is 24.5 Å². The van der Waals surface area contributed by atoms with E-state index in [9.17, 15) is 4.79 Å². The number of thiazole rings is 1. The molecule has 0 amide bonds. The van der Waals surface area contributed by atoms with Crippen LogP contribution in [0.2, 0.25) is 0 Å². The number of carbonyl (C=O) groups excluding carboxylic acids is 1. The average molecular weight is 275 g/mol. The lowest BCUT2D eigenvalue weighted by atomic mass is 10.3. The SMILES string of the molecule is Cc1nc(-c2cccnc2)sc1C(=O)Cl.Cl. The van der Waals surface area contributed by atoms with Gasteiger partial charge in [0.1, 0.15) is 9.88 Å². The van der Waals surface area contributed by atoms with Gasteiger partial charge >= 0.3 is 0 Å². The molecule has 0 aromatic carbocycles. The highest BCUT2D eigenvalue weighted by Gasteiger charge is 2.13. The molecule has 0 spiro atoms. The van der Waals surface area contributed by atoms with E-state index in [0.717, 1.165) is 10.6 Å². The molecule has 2 aromatic heterocycles. The summed E-state index contributed by atoms with van der Waals surface area (Å²) in [6, 6.07) is 3.72. The lowest BCUT2D eigenvalue weighted by Crippen LogP contribution is -1.86. The summed E-state index contributed by atoms with van der Waals surface area (Å²) in [7, 11) is 0. The molecule has 2 heterocycles. The second kappa shape index (κ2) is 5.39. The van der Waals surface area contributed by atoms with Gasteiger partial charge in [-0.25, -0.2) is 4.98 Å². The Kier molecular flexibility index (Phi) is 4.41. The van der Waals surface area contributed by atoms with Crippen LogP contribution < -0.4 is 0 Å². The Bertz CT molecular complexity index is 499. The molecule has 16 heavy (non-hydrogen) atoms. The number of rotatable bonds is 2. The maximum Gasteiger partial charge on any atom is 0.264 e. The Morgan fingerprint density at radius 3 is 2.75 bits per heavy atom. The molecule has 0 aliphatic heterocycles. The molecule has 2 aromatic rings. The number of hydrogen-bond acceptors (Lipinski definition) is 4. The van der Waals surface area contributed by atoms with E-state index in [-0.39, 0.29) is 12.4 Å². The van der Waals surface area contributed by atoms with Crippen LogP contribution in [-0.4, -0.2) is 15.2 Å². The summed E-state index contributed by atoms with van der Waals surface area (Å²) in [6.07, 6.45) is 3.40. The van der Waals surface area contributed by atoms with Crippen LogP contribution >= 0.6 is 35.3 Å². The first-order valence-electron chi connectivity index (χ1n) is 4.26. The minimum atomic E-state index is -0.458. The molecule has 0 aliphatic carbocycles. The van der Waals surface area contributed by atoms with Gasteiger partial charge in [0.25, 0.3) is 5.24 Å². The molecule has 3 nitrogen and oxygen atoms in total. The molecule has 84 valence electrons. The number of carbonyl (C=O) groups is 1. The summed E-state index contributed by atoms with van der Waals surface area (Å²) in [6.45, 7) is 1.77. The predicted octanol–water partition coefficient (Wildman–Crippen LogP) is 3.31. The van der Waals surface area contributed by atoms with Gasteiger partial charge in [0.15, 0.2) is 0 Å². The maximum atomic E-state index is 11.0. The molecule has 6 heteroatoms. The smallest absolute Gasteiger partial charge is 0.264 e. The van der Waals surface area contributed by atoms with Gasteiger partial charge in [-0.15, -0.1) is 23.7 Å². The van der Waals surface area contributed by atoms with Crippen LogP contribution in [0.5, 0.6) is 0 Å². The first kappa shape index (κ1) is 13.1. The zero-order valence-electron chi connectivity index (χ0n) is 8.31. The fourth-order valence-electron chi connectivity index (χ4n) is 1.19. The standard InChI is InChI=1S/C10H7ClN2OS.ClH/c1-6-8(9(11)14)15-10(13-6)7-3-2-4-12-5-7;/h2-5H,1H3;1H. The zero-order valence-corrected chi connectivity index (χ0v) is 10.7. The van der Waals surface area contributed by atoms with Gasteiger partial charge in [0.2, 0.25) is 0 Å². The van der Waals surface area contributed by atoms with Crippen molar-refractivity contribution in [2.45, 2.75) is 6.92 Å². The van der Waals surface area contributed by atoms with Crippen LogP contribution in [0, 0.1) is 6.92 Å². The average Bonchev–Trinajstić information content (AvgIpc) is 2.62. The molecule has 0 saturated carbocycles. The van der Waals surface area contributed by atoms with E-state index in [0.29, 0.717) is 10.6 Å². The highest BCUT2D eigenvalue weighted by atomic mass is 35.5. The quantitative estimate of drug-likeness (QED) is 0.790. The van der Waals surface area contributed by atoms with Gasteiger partial charge in [-0.2, -0.15) is 0 Å². The monoisotopic (exact) mass is 274 g/mol. The minimum Gasteiger partial charge on any atom is -0.275 e. The van der Waals surface area contributed by atoms with Crippen molar-refractivity contribution < 1.29 is 4.79 Å². The van der Waals surface area contributed by atoms with Crippen molar-refractivity contribution in [1.29, 1.82) is 0 Å². The summed E-state index contributed by atoms with van der Waals surface area (Å²) >= 11 is 6.71. The number of hydrogen-bond donors (Lipinski definition) is 0. The molecule has 0 saturated heterocycles. The van der Waals surface area contributed by atoms with E-state index in [1.807, 2.05) is 12.1 Å². The summed E-state index contributed by atoms with van der Waals surface area (Å²) in [5.41, 5.74) is 1.56. The largest absolute Gasteiger partial charge is 0.275 e. The Hall–Kier alpha value is -0.970. The molecular weight excluding hydrogens is 267 g/mol. The molecule has 0 bridgehead atoms. The molecule has 0 radical (unpaired) electrons. The third kappa shape index (κ3) is 2.58. The van der Waals surface area contributed by atoms with Crippen LogP contribution in [-0.2, 0) is 0 Å². The van der Waals surface area contributed by atoms with Gasteiger partial charge in [-0.05, 0) is 30.7 Å². The summed E-state index contributed by atoms with van der Waals surface area (Å²) in [4.78, 5) is 19.8. The minimum absolute atomic E-state index is 0. The highest BCUT2D eigenvalue weighted by Crippen LogP contribution is 2.28. The number of aromatic nitrogens is 2. The van der Waals surface area contributed by atoms with Crippen LogP contribution in [0.1, 0.15) is 15.4 Å². The van der Waals surface area contributed by atoms with Gasteiger partial charge in [0.05, 0.1) is 5.69 Å². The van der Waals surface area contributed by atoms with E-state index in [1.54, 1.807) is 19.3 Å². The third-order valence-corrected chi connectivity index (χ3v) is 3.39. The molecule has 0 unspecified atom stereocenters. The third-order valence-electron chi connectivity index (χ3n) is 1.88. The van der Waals surface area contributed by atoms with Crippen molar-refractivity contribution in [1.82, 2.24) is 9.97 Å². The summed E-state index contributed by atoms with van der Waals surface area (Å²) in [5, 5.41) is 0.310. The fourth-order valence-corrected chi connectivity index (χ4v) is 2.33. The number of aryl methyl sites for hydroxylation is 1. The molecule has 0 N–H and O–H groups in total. The van der Waals surface area contributed by atoms with E-state index in [2.05, 4.69) is 9.97 Å². The highest BCUT2D eigenvalue weighted by molar-refractivity contribution is 7.18. The summed E-state index contributed by atoms with van der Waals surface area (Å²) in [5.74, 6) is 0. The van der Waals surface area contributed by atoms with E-state index < -0.39 is 5.24 Å². The molecule has 0 aliphatic rings. The predicted molar refractivity (Wildman–Crippen MR) is 67.5 cm³/mol. The van der Waals surface area contributed by atoms with Gasteiger partial charge in [-0.1, -0.05) is 0 Å². The first-order valence-corrected chi connectivity index (χ1v) is 5.45. The zero-order chi connectivity index (χ0) is 10.8. The van der Waals surface area contributed by atoms with Gasteiger partial charge in [-0.3, -0.25) is 9.78 Å². The lowest BCUT2D eigenvalue weighted by molar-refractivity contribution is 0.108. The molecule has 2 rings (SSSR count). The fraction of sp³-hybridized carbons (Fsp3) is 0.100. The van der Waals surface area contributed by atoms with Crippen LogP contribution in [0.25, 0.3) is 10.6 Å². The maximum absolute atomic E-state index is 11.0. The van der Waals surface area contributed by atoms with E-state index in [1.165, 1.54) is 11.3 Å². The molecule has 0 fully saturated rings. The number of nitrogens with zero attached hydrogens (tertiary/aromatic N) is 2. The van der Waals surface area contributed by atoms with Gasteiger partial charge < -0.3 is 0 Å². The Labute approximate surface area is 108 Å². The van der Waals surface area contributed by atoms with E-state index in [4.69, 9.17) is 11.6 Å². The Morgan fingerprint density at radius 2 is 2.25 bits per heavy atom.